The fourth-order valence-electron chi connectivity index (χ4n) is 4.27. The van der Waals surface area contributed by atoms with Crippen molar-refractivity contribution >= 4 is 34.5 Å². The zero-order chi connectivity index (χ0) is 21.3. The average Bonchev–Trinajstić information content (AvgIpc) is 3.17. The molecule has 1 aliphatic carbocycles. The number of hydrogen-bond acceptors (Lipinski definition) is 5. The number of hydrogen-bond donors (Lipinski definition) is 2. The number of methoxy groups -OCH3 is 1. The van der Waals surface area contributed by atoms with E-state index < -0.39 is 6.04 Å². The van der Waals surface area contributed by atoms with Gasteiger partial charge in [-0.2, -0.15) is 0 Å². The molecule has 1 aliphatic heterocycles. The van der Waals surface area contributed by atoms with Gasteiger partial charge in [-0.05, 0) is 35.4 Å². The van der Waals surface area contributed by atoms with Crippen LogP contribution in [0.1, 0.15) is 37.6 Å². The summed E-state index contributed by atoms with van der Waals surface area (Å²) in [6, 6.07) is 11.0. The van der Waals surface area contributed by atoms with E-state index in [1.807, 2.05) is 41.8 Å². The number of urea groups is 1. The van der Waals surface area contributed by atoms with Crippen LogP contribution in [0.25, 0.3) is 0 Å². The molecule has 2 aromatic rings. The van der Waals surface area contributed by atoms with Gasteiger partial charge in [0.05, 0.1) is 18.0 Å². The first-order chi connectivity index (χ1) is 14.4. The monoisotopic (exact) mass is 425 g/mol. The smallest absolute Gasteiger partial charge is 0.322 e. The molecule has 0 spiro atoms. The van der Waals surface area contributed by atoms with Gasteiger partial charge in [0.25, 0.3) is 0 Å². The molecule has 0 saturated carbocycles. The number of para-hydroxylation sites is 2. The van der Waals surface area contributed by atoms with E-state index in [2.05, 4.69) is 24.5 Å². The van der Waals surface area contributed by atoms with Crippen LogP contribution in [0.4, 0.5) is 16.2 Å². The van der Waals surface area contributed by atoms with Crippen LogP contribution in [0.2, 0.25) is 0 Å². The Bertz CT molecular complexity index is 981. The van der Waals surface area contributed by atoms with Gasteiger partial charge in [-0.1, -0.05) is 32.0 Å². The van der Waals surface area contributed by atoms with Crippen molar-refractivity contribution in [3.05, 3.63) is 57.9 Å². The Hall–Kier alpha value is -2.64. The van der Waals surface area contributed by atoms with E-state index in [0.29, 0.717) is 25.1 Å². The van der Waals surface area contributed by atoms with Crippen LogP contribution in [0.5, 0.6) is 0 Å². The second-order valence-corrected chi connectivity index (χ2v) is 9.47. The van der Waals surface area contributed by atoms with Crippen molar-refractivity contribution in [1.29, 1.82) is 0 Å². The van der Waals surface area contributed by atoms with Crippen molar-refractivity contribution in [1.82, 2.24) is 5.32 Å². The lowest BCUT2D eigenvalue weighted by molar-refractivity contribution is -0.118. The molecule has 4 rings (SSSR count). The van der Waals surface area contributed by atoms with Gasteiger partial charge in [0.2, 0.25) is 0 Å². The largest absolute Gasteiger partial charge is 0.383 e. The van der Waals surface area contributed by atoms with Crippen LogP contribution < -0.4 is 15.5 Å². The zero-order valence-electron chi connectivity index (χ0n) is 17.5. The zero-order valence-corrected chi connectivity index (χ0v) is 18.3. The van der Waals surface area contributed by atoms with Crippen molar-refractivity contribution in [2.45, 2.75) is 32.7 Å². The molecule has 158 valence electrons. The number of ketones is 1. The molecule has 1 aromatic heterocycles. The van der Waals surface area contributed by atoms with Gasteiger partial charge in [0.1, 0.15) is 6.04 Å². The SMILES string of the molecule is COCCNC(=O)N1c2ccccc2NC2=C(C(=O)CC(C)(C)C2)[C@H]1c1cccs1. The number of carbonyl (C=O) groups excluding carboxylic acids is 2. The minimum Gasteiger partial charge on any atom is -0.383 e. The fourth-order valence-corrected chi connectivity index (χ4v) is 5.10. The third-order valence-corrected chi connectivity index (χ3v) is 6.44. The summed E-state index contributed by atoms with van der Waals surface area (Å²) in [5.74, 6) is 0.0923. The molecule has 7 heteroatoms. The van der Waals surface area contributed by atoms with Gasteiger partial charge >= 0.3 is 6.03 Å². The minimum absolute atomic E-state index is 0.0923. The quantitative estimate of drug-likeness (QED) is 0.696. The summed E-state index contributed by atoms with van der Waals surface area (Å²) in [6.45, 7) is 5.04. The lowest BCUT2D eigenvalue weighted by Crippen LogP contribution is -2.45. The van der Waals surface area contributed by atoms with E-state index in [-0.39, 0.29) is 17.2 Å². The van der Waals surface area contributed by atoms with Crippen molar-refractivity contribution in [3.63, 3.8) is 0 Å². The number of Topliss-reactive ketones (excluding diaryl/α,β-unsaturated/α-hetero) is 1. The number of nitrogens with one attached hydrogen (secondary N) is 2. The van der Waals surface area contributed by atoms with Crippen molar-refractivity contribution < 1.29 is 14.3 Å². The van der Waals surface area contributed by atoms with E-state index in [4.69, 9.17) is 4.74 Å². The predicted molar refractivity (Wildman–Crippen MR) is 120 cm³/mol. The third-order valence-electron chi connectivity index (χ3n) is 5.51. The van der Waals surface area contributed by atoms with Crippen molar-refractivity contribution in [2.75, 3.05) is 30.5 Å². The third kappa shape index (κ3) is 3.87. The van der Waals surface area contributed by atoms with Crippen LogP contribution in [0, 0.1) is 5.41 Å². The summed E-state index contributed by atoms with van der Waals surface area (Å²) in [4.78, 5) is 29.5. The first-order valence-electron chi connectivity index (χ1n) is 10.1. The highest BCUT2D eigenvalue weighted by Crippen LogP contribution is 2.48. The number of allylic oxidation sites excluding steroid dienone is 1. The molecule has 0 radical (unpaired) electrons. The summed E-state index contributed by atoms with van der Waals surface area (Å²) >= 11 is 1.56. The van der Waals surface area contributed by atoms with E-state index in [0.717, 1.165) is 28.4 Å². The topological polar surface area (TPSA) is 70.7 Å². The maximum absolute atomic E-state index is 13.4. The van der Waals surface area contributed by atoms with E-state index >= 15 is 0 Å². The van der Waals surface area contributed by atoms with E-state index in [1.165, 1.54) is 0 Å². The second kappa shape index (κ2) is 8.24. The van der Waals surface area contributed by atoms with E-state index in [1.54, 1.807) is 23.3 Å². The molecule has 1 atom stereocenters. The maximum Gasteiger partial charge on any atom is 0.322 e. The van der Waals surface area contributed by atoms with E-state index in [9.17, 15) is 9.59 Å². The number of carbonyl (C=O) groups is 2. The Kier molecular flexibility index (Phi) is 5.66. The molecule has 2 N–H and O–H groups in total. The van der Waals surface area contributed by atoms with Gasteiger partial charge < -0.3 is 15.4 Å². The van der Waals surface area contributed by atoms with Crippen molar-refractivity contribution in [3.8, 4) is 0 Å². The summed E-state index contributed by atoms with van der Waals surface area (Å²) in [5.41, 5.74) is 3.06. The van der Waals surface area contributed by atoms with Crippen LogP contribution in [-0.2, 0) is 9.53 Å². The maximum atomic E-state index is 13.4. The Balaban J connectivity index is 1.89. The van der Waals surface area contributed by atoms with Gasteiger partial charge in [-0.15, -0.1) is 11.3 Å². The molecule has 6 nitrogen and oxygen atoms in total. The number of amides is 2. The number of benzene rings is 1. The highest BCUT2D eigenvalue weighted by molar-refractivity contribution is 7.10. The Morgan fingerprint density at radius 2 is 2.07 bits per heavy atom. The number of nitrogens with zero attached hydrogens (tertiary/aromatic N) is 1. The number of rotatable bonds is 4. The highest BCUT2D eigenvalue weighted by Gasteiger charge is 2.43. The number of anilines is 2. The molecular weight excluding hydrogens is 398 g/mol. The molecule has 0 bridgehead atoms. The number of ether oxygens (including phenoxy) is 1. The standard InChI is InChI=1S/C23H27N3O3S/c1-23(2)13-16-20(18(27)14-23)21(19-9-6-12-30-19)26(22(28)24-10-11-29-3)17-8-5-4-7-15(17)25-16/h4-9,12,21,25H,10-11,13-14H2,1-3H3,(H,24,28)/t21-/m1/s1. The summed E-state index contributed by atoms with van der Waals surface area (Å²) in [6.07, 6.45) is 1.22. The second-order valence-electron chi connectivity index (χ2n) is 8.49. The molecule has 30 heavy (non-hydrogen) atoms. The summed E-state index contributed by atoms with van der Waals surface area (Å²) in [5, 5.41) is 8.44. The lowest BCUT2D eigenvalue weighted by atomic mass is 9.74. The molecule has 0 unspecified atom stereocenters. The highest BCUT2D eigenvalue weighted by atomic mass is 32.1. The van der Waals surface area contributed by atoms with Gasteiger partial charge in [-0.25, -0.2) is 4.79 Å². The normalized spacial score (nSPS) is 20.2. The first-order valence-corrected chi connectivity index (χ1v) is 11.0. The van der Waals surface area contributed by atoms with Gasteiger partial charge in [-0.3, -0.25) is 9.69 Å². The molecule has 2 heterocycles. The lowest BCUT2D eigenvalue weighted by Gasteiger charge is -2.36. The minimum atomic E-state index is -0.470. The Labute approximate surface area is 180 Å². The van der Waals surface area contributed by atoms with Crippen LogP contribution >= 0.6 is 11.3 Å². The predicted octanol–water partition coefficient (Wildman–Crippen LogP) is 4.72. The van der Waals surface area contributed by atoms with Gasteiger partial charge in [0, 0.05) is 36.2 Å². The average molecular weight is 426 g/mol. The molecule has 0 fully saturated rings. The first kappa shape index (κ1) is 20.6. The molecule has 0 saturated heterocycles. The fraction of sp³-hybridized carbons (Fsp3) is 0.391. The Morgan fingerprint density at radius 1 is 1.27 bits per heavy atom. The molecule has 2 amide bonds. The number of thiophene rings is 1. The van der Waals surface area contributed by atoms with Crippen LogP contribution in [-0.4, -0.2) is 32.1 Å². The molecule has 1 aromatic carbocycles. The molecular formula is C23H27N3O3S. The number of fused-ring (bicyclic) bond motifs is 1. The van der Waals surface area contributed by atoms with Crippen LogP contribution in [0.3, 0.4) is 0 Å². The van der Waals surface area contributed by atoms with Gasteiger partial charge in [0.15, 0.2) is 5.78 Å². The summed E-state index contributed by atoms with van der Waals surface area (Å²) < 4.78 is 5.09. The van der Waals surface area contributed by atoms with Crippen LogP contribution in [0.15, 0.2) is 53.0 Å². The Morgan fingerprint density at radius 3 is 2.80 bits per heavy atom. The summed E-state index contributed by atoms with van der Waals surface area (Å²) in [7, 11) is 1.60. The van der Waals surface area contributed by atoms with Crippen molar-refractivity contribution in [2.24, 2.45) is 5.41 Å². The molecule has 2 aliphatic rings.